The van der Waals surface area contributed by atoms with E-state index in [2.05, 4.69) is 9.97 Å². The number of oxazole rings is 1. The number of carbonyl (C=O) groups is 1. The monoisotopic (exact) mass is 329 g/mol. The molecule has 24 heavy (non-hydrogen) atoms. The van der Waals surface area contributed by atoms with Crippen LogP contribution in [-0.2, 0) is 4.74 Å². The normalized spacial score (nSPS) is 26.2. The average molecular weight is 329 g/mol. The zero-order valence-corrected chi connectivity index (χ0v) is 13.3. The van der Waals surface area contributed by atoms with E-state index in [0.717, 1.165) is 12.8 Å². The SMILES string of the molecule is O=C(c1cocn1)N1CC[C@H]2OCC[C@@]2(COc2ccccn2)C1. The molecule has 0 saturated carbocycles. The number of rotatable bonds is 4. The third-order valence-corrected chi connectivity index (χ3v) is 4.85. The van der Waals surface area contributed by atoms with Crippen molar-refractivity contribution in [2.24, 2.45) is 5.41 Å². The minimum Gasteiger partial charge on any atom is -0.477 e. The predicted molar refractivity (Wildman–Crippen MR) is 83.5 cm³/mol. The minimum absolute atomic E-state index is 0.105. The Morgan fingerprint density at radius 2 is 2.38 bits per heavy atom. The van der Waals surface area contributed by atoms with Gasteiger partial charge < -0.3 is 18.8 Å². The van der Waals surface area contributed by atoms with E-state index < -0.39 is 0 Å². The van der Waals surface area contributed by atoms with Gasteiger partial charge in [0.2, 0.25) is 5.88 Å². The fraction of sp³-hybridized carbons (Fsp3) is 0.471. The fourth-order valence-corrected chi connectivity index (χ4v) is 3.56. The van der Waals surface area contributed by atoms with Gasteiger partial charge in [0, 0.05) is 32.0 Å². The van der Waals surface area contributed by atoms with Gasteiger partial charge in [-0.3, -0.25) is 4.79 Å². The Morgan fingerprint density at radius 3 is 3.17 bits per heavy atom. The quantitative estimate of drug-likeness (QED) is 0.851. The molecule has 0 bridgehead atoms. The van der Waals surface area contributed by atoms with Gasteiger partial charge in [-0.05, 0) is 18.9 Å². The highest BCUT2D eigenvalue weighted by atomic mass is 16.5. The number of hydrogen-bond acceptors (Lipinski definition) is 6. The molecule has 0 aromatic carbocycles. The molecule has 0 spiro atoms. The lowest BCUT2D eigenvalue weighted by Crippen LogP contribution is -2.54. The smallest absolute Gasteiger partial charge is 0.275 e. The number of ether oxygens (including phenoxy) is 2. The van der Waals surface area contributed by atoms with Crippen molar-refractivity contribution in [2.45, 2.75) is 18.9 Å². The summed E-state index contributed by atoms with van der Waals surface area (Å²) in [4.78, 5) is 22.6. The number of amides is 1. The Morgan fingerprint density at radius 1 is 1.42 bits per heavy atom. The molecular weight excluding hydrogens is 310 g/mol. The van der Waals surface area contributed by atoms with Gasteiger partial charge in [-0.1, -0.05) is 6.07 Å². The van der Waals surface area contributed by atoms with Crippen LogP contribution in [0.3, 0.4) is 0 Å². The maximum absolute atomic E-state index is 12.6. The summed E-state index contributed by atoms with van der Waals surface area (Å²) in [5.74, 6) is 0.490. The lowest BCUT2D eigenvalue weighted by Gasteiger charge is -2.43. The summed E-state index contributed by atoms with van der Waals surface area (Å²) in [6, 6.07) is 5.58. The van der Waals surface area contributed by atoms with E-state index in [1.807, 2.05) is 23.1 Å². The summed E-state index contributed by atoms with van der Waals surface area (Å²) >= 11 is 0. The van der Waals surface area contributed by atoms with Crippen LogP contribution in [0.5, 0.6) is 5.88 Å². The van der Waals surface area contributed by atoms with Crippen LogP contribution in [-0.4, -0.2) is 53.2 Å². The predicted octanol–water partition coefficient (Wildman–Crippen LogP) is 1.77. The molecule has 4 heterocycles. The zero-order valence-electron chi connectivity index (χ0n) is 13.3. The summed E-state index contributed by atoms with van der Waals surface area (Å²) < 4.78 is 16.7. The maximum Gasteiger partial charge on any atom is 0.275 e. The molecule has 2 fully saturated rings. The molecule has 2 atom stereocenters. The van der Waals surface area contributed by atoms with Gasteiger partial charge in [0.05, 0.1) is 18.1 Å². The van der Waals surface area contributed by atoms with Crippen molar-refractivity contribution in [3.8, 4) is 5.88 Å². The van der Waals surface area contributed by atoms with Crippen LogP contribution in [0, 0.1) is 5.41 Å². The number of piperidine rings is 1. The van der Waals surface area contributed by atoms with Crippen molar-refractivity contribution in [1.82, 2.24) is 14.9 Å². The van der Waals surface area contributed by atoms with Crippen molar-refractivity contribution < 1.29 is 18.7 Å². The van der Waals surface area contributed by atoms with Gasteiger partial charge in [-0.15, -0.1) is 0 Å². The molecule has 2 aliphatic rings. The summed E-state index contributed by atoms with van der Waals surface area (Å²) in [6.45, 7) is 2.43. The lowest BCUT2D eigenvalue weighted by molar-refractivity contribution is -0.0333. The highest BCUT2D eigenvalue weighted by Crippen LogP contribution is 2.41. The molecule has 126 valence electrons. The van der Waals surface area contributed by atoms with Gasteiger partial charge in [0.15, 0.2) is 12.1 Å². The number of fused-ring (bicyclic) bond motifs is 1. The van der Waals surface area contributed by atoms with Crippen LogP contribution in [0.2, 0.25) is 0 Å². The fourth-order valence-electron chi connectivity index (χ4n) is 3.56. The van der Waals surface area contributed by atoms with E-state index in [1.54, 1.807) is 6.20 Å². The summed E-state index contributed by atoms with van der Waals surface area (Å²) in [7, 11) is 0. The molecule has 0 aliphatic carbocycles. The third-order valence-electron chi connectivity index (χ3n) is 4.85. The second kappa shape index (κ2) is 6.24. The van der Waals surface area contributed by atoms with Crippen molar-refractivity contribution in [3.05, 3.63) is 42.7 Å². The molecule has 0 radical (unpaired) electrons. The molecule has 7 nitrogen and oxygen atoms in total. The minimum atomic E-state index is -0.199. The Hall–Kier alpha value is -2.41. The van der Waals surface area contributed by atoms with Gasteiger partial charge in [0.25, 0.3) is 5.91 Å². The van der Waals surface area contributed by atoms with Crippen molar-refractivity contribution >= 4 is 5.91 Å². The molecular formula is C17H19N3O4. The highest BCUT2D eigenvalue weighted by molar-refractivity contribution is 5.92. The van der Waals surface area contributed by atoms with Gasteiger partial charge in [-0.25, -0.2) is 9.97 Å². The standard InChI is InChI=1S/C17H19N3O4/c21-16(13-9-22-12-19-13)20-7-4-14-17(10-20,5-8-23-14)11-24-15-3-1-2-6-18-15/h1-3,6,9,12,14H,4-5,7-8,10-11H2/t14-,17+/m1/s1. The van der Waals surface area contributed by atoms with Crippen LogP contribution >= 0.6 is 0 Å². The number of carbonyl (C=O) groups excluding carboxylic acids is 1. The van der Waals surface area contributed by atoms with Crippen molar-refractivity contribution in [2.75, 3.05) is 26.3 Å². The van der Waals surface area contributed by atoms with Crippen LogP contribution < -0.4 is 4.74 Å². The molecule has 0 unspecified atom stereocenters. The largest absolute Gasteiger partial charge is 0.477 e. The third kappa shape index (κ3) is 2.75. The van der Waals surface area contributed by atoms with Gasteiger partial charge in [0.1, 0.15) is 6.26 Å². The van der Waals surface area contributed by atoms with E-state index >= 15 is 0 Å². The summed E-state index contributed by atoms with van der Waals surface area (Å²) in [6.07, 6.45) is 6.15. The van der Waals surface area contributed by atoms with Crippen molar-refractivity contribution in [3.63, 3.8) is 0 Å². The number of nitrogens with zero attached hydrogens (tertiary/aromatic N) is 3. The zero-order chi connectivity index (χ0) is 16.4. The van der Waals surface area contributed by atoms with Crippen LogP contribution in [0.4, 0.5) is 0 Å². The first kappa shape index (κ1) is 15.1. The number of aromatic nitrogens is 2. The van der Waals surface area contributed by atoms with Crippen LogP contribution in [0.1, 0.15) is 23.3 Å². The van der Waals surface area contributed by atoms with E-state index in [-0.39, 0.29) is 17.4 Å². The van der Waals surface area contributed by atoms with E-state index in [0.29, 0.717) is 37.9 Å². The molecule has 4 rings (SSSR count). The summed E-state index contributed by atoms with van der Waals surface area (Å²) in [5.41, 5.74) is 0.142. The van der Waals surface area contributed by atoms with Gasteiger partial charge >= 0.3 is 0 Å². The second-order valence-electron chi connectivity index (χ2n) is 6.32. The Bertz CT molecular complexity index is 691. The van der Waals surface area contributed by atoms with Gasteiger partial charge in [-0.2, -0.15) is 0 Å². The molecule has 2 saturated heterocycles. The maximum atomic E-state index is 12.6. The van der Waals surface area contributed by atoms with E-state index in [9.17, 15) is 4.79 Å². The Balaban J connectivity index is 1.49. The average Bonchev–Trinajstić information content (AvgIpc) is 3.29. The van der Waals surface area contributed by atoms with Crippen LogP contribution in [0.25, 0.3) is 0 Å². The first-order chi connectivity index (χ1) is 11.8. The number of likely N-dealkylation sites (tertiary alicyclic amines) is 1. The molecule has 2 aromatic heterocycles. The molecule has 7 heteroatoms. The Kier molecular flexibility index (Phi) is 3.93. The Labute approximate surface area is 139 Å². The van der Waals surface area contributed by atoms with E-state index in [4.69, 9.17) is 13.9 Å². The first-order valence-corrected chi connectivity index (χ1v) is 8.10. The molecule has 2 aliphatic heterocycles. The lowest BCUT2D eigenvalue weighted by atomic mass is 9.77. The number of hydrogen-bond donors (Lipinski definition) is 0. The van der Waals surface area contributed by atoms with E-state index in [1.165, 1.54) is 12.7 Å². The second-order valence-corrected chi connectivity index (χ2v) is 6.32. The highest BCUT2D eigenvalue weighted by Gasteiger charge is 2.49. The first-order valence-electron chi connectivity index (χ1n) is 8.10. The summed E-state index contributed by atoms with van der Waals surface area (Å²) in [5, 5.41) is 0. The number of pyridine rings is 1. The molecule has 0 N–H and O–H groups in total. The topological polar surface area (TPSA) is 77.7 Å². The molecule has 1 amide bonds. The molecule has 2 aromatic rings. The van der Waals surface area contributed by atoms with Crippen LogP contribution in [0.15, 0.2) is 41.5 Å². The van der Waals surface area contributed by atoms with Crippen molar-refractivity contribution in [1.29, 1.82) is 0 Å².